The number of nitrogens with zero attached hydrogens (tertiary/aromatic N) is 3. The molecule has 0 radical (unpaired) electrons. The molecule has 0 spiro atoms. The molecule has 0 aromatic carbocycles. The topological polar surface area (TPSA) is 68.5 Å². The van der Waals surface area contributed by atoms with Crippen LogP contribution < -0.4 is 4.90 Å². The number of ether oxygens (including phenoxy) is 1. The monoisotopic (exact) mass is 285 g/mol. The molecule has 1 aliphatic heterocycles. The summed E-state index contributed by atoms with van der Waals surface area (Å²) in [5, 5.41) is 11.0. The Labute approximate surface area is 116 Å². The fourth-order valence-corrected chi connectivity index (χ4v) is 2.57. The summed E-state index contributed by atoms with van der Waals surface area (Å²) in [4.78, 5) is 16.3. The third kappa shape index (κ3) is 2.96. The summed E-state index contributed by atoms with van der Waals surface area (Å²) < 4.78 is 5.44. The van der Waals surface area contributed by atoms with Crippen molar-refractivity contribution in [3.63, 3.8) is 0 Å². The molecule has 104 valence electrons. The van der Waals surface area contributed by atoms with E-state index in [1.54, 1.807) is 7.11 Å². The molecule has 2 heterocycles. The fraction of sp³-hybridized carbons (Fsp3) is 0.583. The lowest BCUT2D eigenvalue weighted by Crippen LogP contribution is -2.44. The molecule has 7 heteroatoms. The van der Waals surface area contributed by atoms with Gasteiger partial charge in [-0.1, -0.05) is 18.5 Å². The van der Waals surface area contributed by atoms with Crippen molar-refractivity contribution in [2.75, 3.05) is 25.1 Å². The van der Waals surface area contributed by atoms with Crippen LogP contribution in [-0.4, -0.2) is 36.2 Å². The SMILES string of the molecule is COC1CN(c2ncc([N+](=O)[O-])cc2Cl)CCC1C. The van der Waals surface area contributed by atoms with E-state index in [9.17, 15) is 10.1 Å². The molecule has 0 amide bonds. The lowest BCUT2D eigenvalue weighted by atomic mass is 9.96. The number of rotatable bonds is 3. The van der Waals surface area contributed by atoms with Gasteiger partial charge in [0, 0.05) is 26.3 Å². The van der Waals surface area contributed by atoms with Gasteiger partial charge in [0.15, 0.2) is 0 Å². The highest BCUT2D eigenvalue weighted by molar-refractivity contribution is 6.33. The van der Waals surface area contributed by atoms with Crippen LogP contribution in [0.25, 0.3) is 0 Å². The predicted octanol–water partition coefficient (Wildman–Crippen LogP) is 2.50. The molecule has 2 atom stereocenters. The number of piperidine rings is 1. The molecule has 2 unspecified atom stereocenters. The number of hydrogen-bond acceptors (Lipinski definition) is 5. The third-order valence-electron chi connectivity index (χ3n) is 3.51. The Morgan fingerprint density at radius 1 is 1.63 bits per heavy atom. The van der Waals surface area contributed by atoms with Crippen LogP contribution in [0.4, 0.5) is 11.5 Å². The normalized spacial score (nSPS) is 23.4. The van der Waals surface area contributed by atoms with Crippen molar-refractivity contribution >= 4 is 23.1 Å². The fourth-order valence-electron chi connectivity index (χ4n) is 2.29. The van der Waals surface area contributed by atoms with E-state index in [1.807, 2.05) is 4.90 Å². The molecule has 0 bridgehead atoms. The van der Waals surface area contributed by atoms with E-state index in [0.717, 1.165) is 13.0 Å². The maximum Gasteiger partial charge on any atom is 0.289 e. The first-order valence-electron chi connectivity index (χ1n) is 6.10. The minimum atomic E-state index is -0.501. The molecule has 2 rings (SSSR count). The van der Waals surface area contributed by atoms with Crippen molar-refractivity contribution in [1.82, 2.24) is 4.98 Å². The zero-order valence-electron chi connectivity index (χ0n) is 10.9. The van der Waals surface area contributed by atoms with E-state index >= 15 is 0 Å². The third-order valence-corrected chi connectivity index (χ3v) is 3.79. The Hall–Kier alpha value is -1.40. The summed E-state index contributed by atoms with van der Waals surface area (Å²) in [6, 6.07) is 1.34. The van der Waals surface area contributed by atoms with Crippen molar-refractivity contribution in [3.8, 4) is 0 Å². The molecule has 1 aromatic heterocycles. The van der Waals surface area contributed by atoms with E-state index in [4.69, 9.17) is 16.3 Å². The van der Waals surface area contributed by atoms with Crippen LogP contribution >= 0.6 is 11.6 Å². The summed E-state index contributed by atoms with van der Waals surface area (Å²) >= 11 is 6.08. The van der Waals surface area contributed by atoms with Crippen molar-refractivity contribution in [3.05, 3.63) is 27.4 Å². The number of methoxy groups -OCH3 is 1. The summed E-state index contributed by atoms with van der Waals surface area (Å²) in [5.41, 5.74) is -0.0950. The molecule has 0 saturated carbocycles. The van der Waals surface area contributed by atoms with Gasteiger partial charge in [-0.25, -0.2) is 4.98 Å². The number of pyridine rings is 1. The van der Waals surface area contributed by atoms with Crippen molar-refractivity contribution in [2.24, 2.45) is 5.92 Å². The molecule has 1 fully saturated rings. The van der Waals surface area contributed by atoms with Crippen molar-refractivity contribution in [2.45, 2.75) is 19.4 Å². The lowest BCUT2D eigenvalue weighted by Gasteiger charge is -2.37. The summed E-state index contributed by atoms with van der Waals surface area (Å²) in [6.45, 7) is 3.67. The average molecular weight is 286 g/mol. The van der Waals surface area contributed by atoms with Gasteiger partial charge in [-0.3, -0.25) is 10.1 Å². The number of halogens is 1. The molecule has 0 aliphatic carbocycles. The Kier molecular flexibility index (Phi) is 4.21. The van der Waals surface area contributed by atoms with Gasteiger partial charge < -0.3 is 9.64 Å². The Bertz CT molecular complexity index is 483. The van der Waals surface area contributed by atoms with Gasteiger partial charge in [0.1, 0.15) is 12.0 Å². The Balaban J connectivity index is 2.20. The average Bonchev–Trinajstić information content (AvgIpc) is 2.39. The van der Waals surface area contributed by atoms with Crippen molar-refractivity contribution in [1.29, 1.82) is 0 Å². The van der Waals surface area contributed by atoms with Crippen LogP contribution in [0.15, 0.2) is 12.3 Å². The van der Waals surface area contributed by atoms with Gasteiger partial charge in [-0.15, -0.1) is 0 Å². The molecule has 1 aliphatic rings. The second-order valence-corrected chi connectivity index (χ2v) is 5.15. The van der Waals surface area contributed by atoms with Crippen LogP contribution in [0, 0.1) is 16.0 Å². The van der Waals surface area contributed by atoms with Gasteiger partial charge in [-0.2, -0.15) is 0 Å². The lowest BCUT2D eigenvalue weighted by molar-refractivity contribution is -0.385. The zero-order valence-corrected chi connectivity index (χ0v) is 11.6. The van der Waals surface area contributed by atoms with Gasteiger partial charge in [0.05, 0.1) is 16.0 Å². The van der Waals surface area contributed by atoms with E-state index in [1.165, 1.54) is 12.3 Å². The molecule has 0 N–H and O–H groups in total. The quantitative estimate of drug-likeness (QED) is 0.630. The van der Waals surface area contributed by atoms with Gasteiger partial charge in [0.25, 0.3) is 5.69 Å². The van der Waals surface area contributed by atoms with E-state index in [2.05, 4.69) is 11.9 Å². The van der Waals surface area contributed by atoms with Crippen LogP contribution in [0.1, 0.15) is 13.3 Å². The number of aromatic nitrogens is 1. The predicted molar refractivity (Wildman–Crippen MR) is 72.7 cm³/mol. The summed E-state index contributed by atoms with van der Waals surface area (Å²) in [7, 11) is 1.69. The number of anilines is 1. The maximum atomic E-state index is 10.7. The summed E-state index contributed by atoms with van der Waals surface area (Å²) in [5.74, 6) is 1.07. The summed E-state index contributed by atoms with van der Waals surface area (Å²) in [6.07, 6.45) is 2.34. The van der Waals surface area contributed by atoms with E-state index in [-0.39, 0.29) is 11.8 Å². The first-order valence-corrected chi connectivity index (χ1v) is 6.48. The zero-order chi connectivity index (χ0) is 14.0. The van der Waals surface area contributed by atoms with E-state index < -0.39 is 4.92 Å². The number of hydrogen-bond donors (Lipinski definition) is 0. The standard InChI is InChI=1S/C12H16ClN3O3/c1-8-3-4-15(7-11(8)19-2)12-10(13)5-9(6-14-12)16(17)18/h5-6,8,11H,3-4,7H2,1-2H3. The van der Waals surface area contributed by atoms with Crippen LogP contribution in [0.3, 0.4) is 0 Å². The molecule has 19 heavy (non-hydrogen) atoms. The Morgan fingerprint density at radius 3 is 2.95 bits per heavy atom. The molecular weight excluding hydrogens is 270 g/mol. The van der Waals surface area contributed by atoms with Crippen LogP contribution in [0.2, 0.25) is 5.02 Å². The first kappa shape index (κ1) is 14.0. The maximum absolute atomic E-state index is 10.7. The molecule has 1 aromatic rings. The number of nitro groups is 1. The smallest absolute Gasteiger partial charge is 0.289 e. The van der Waals surface area contributed by atoms with Crippen LogP contribution in [-0.2, 0) is 4.74 Å². The van der Waals surface area contributed by atoms with Gasteiger partial charge in [0.2, 0.25) is 0 Å². The molecule has 1 saturated heterocycles. The van der Waals surface area contributed by atoms with Crippen LogP contribution in [0.5, 0.6) is 0 Å². The Morgan fingerprint density at radius 2 is 2.37 bits per heavy atom. The highest BCUT2D eigenvalue weighted by Crippen LogP contribution is 2.30. The first-order chi connectivity index (χ1) is 9.02. The minimum absolute atomic E-state index is 0.0950. The second kappa shape index (κ2) is 5.71. The highest BCUT2D eigenvalue weighted by Gasteiger charge is 2.28. The molecular formula is C12H16ClN3O3. The van der Waals surface area contributed by atoms with Crippen molar-refractivity contribution < 1.29 is 9.66 Å². The largest absolute Gasteiger partial charge is 0.379 e. The van der Waals surface area contributed by atoms with E-state index in [0.29, 0.717) is 23.3 Å². The second-order valence-electron chi connectivity index (χ2n) is 4.74. The minimum Gasteiger partial charge on any atom is -0.379 e. The van der Waals surface area contributed by atoms with Gasteiger partial charge in [-0.05, 0) is 12.3 Å². The van der Waals surface area contributed by atoms with Gasteiger partial charge >= 0.3 is 0 Å². The molecule has 6 nitrogen and oxygen atoms in total. The highest BCUT2D eigenvalue weighted by atomic mass is 35.5.